The van der Waals surface area contributed by atoms with Crippen LogP contribution < -0.4 is 5.32 Å². The molecule has 0 bridgehead atoms. The third-order valence-corrected chi connectivity index (χ3v) is 3.74. The van der Waals surface area contributed by atoms with Gasteiger partial charge in [-0.15, -0.1) is 0 Å². The minimum atomic E-state index is -0.413. The first-order chi connectivity index (χ1) is 8.76. The summed E-state index contributed by atoms with van der Waals surface area (Å²) in [6, 6.07) is 0.581. The van der Waals surface area contributed by atoms with Gasteiger partial charge >= 0.3 is 0 Å². The first-order valence-electron chi connectivity index (χ1n) is 7.24. The fourth-order valence-corrected chi connectivity index (χ4v) is 2.57. The second-order valence-corrected chi connectivity index (χ2v) is 5.27. The Morgan fingerprint density at radius 1 is 1.33 bits per heavy atom. The Balaban J connectivity index is 2.04. The summed E-state index contributed by atoms with van der Waals surface area (Å²) in [5.74, 6) is 0.867. The molecule has 0 aromatic rings. The molecule has 3 atom stereocenters. The molecule has 108 valence electrons. The number of aliphatic hydroxyl groups excluding tert-OH is 1. The molecular weight excluding hydrogens is 230 g/mol. The van der Waals surface area contributed by atoms with E-state index in [9.17, 15) is 5.11 Å². The number of ether oxygens (including phenoxy) is 2. The van der Waals surface area contributed by atoms with Crippen LogP contribution in [0.4, 0.5) is 0 Å². The van der Waals surface area contributed by atoms with Crippen molar-refractivity contribution in [2.24, 2.45) is 5.92 Å². The summed E-state index contributed by atoms with van der Waals surface area (Å²) >= 11 is 0. The maximum atomic E-state index is 9.77. The number of hydrogen-bond donors (Lipinski definition) is 2. The van der Waals surface area contributed by atoms with E-state index in [1.54, 1.807) is 7.11 Å². The summed E-state index contributed by atoms with van der Waals surface area (Å²) in [7, 11) is 1.65. The van der Waals surface area contributed by atoms with Gasteiger partial charge in [0.1, 0.15) is 0 Å². The van der Waals surface area contributed by atoms with E-state index in [1.165, 1.54) is 32.1 Å². The molecule has 2 N–H and O–H groups in total. The summed E-state index contributed by atoms with van der Waals surface area (Å²) in [6.45, 7) is 4.43. The van der Waals surface area contributed by atoms with Crippen LogP contribution in [0.5, 0.6) is 0 Å². The molecule has 3 unspecified atom stereocenters. The van der Waals surface area contributed by atoms with Gasteiger partial charge in [-0.25, -0.2) is 0 Å². The van der Waals surface area contributed by atoms with Gasteiger partial charge < -0.3 is 19.9 Å². The van der Waals surface area contributed by atoms with Crippen molar-refractivity contribution in [1.82, 2.24) is 5.32 Å². The molecule has 18 heavy (non-hydrogen) atoms. The lowest BCUT2D eigenvalue weighted by Gasteiger charge is -2.29. The molecule has 0 aliphatic heterocycles. The molecular formula is C14H29NO3. The van der Waals surface area contributed by atoms with Crippen molar-refractivity contribution < 1.29 is 14.6 Å². The molecule has 0 saturated heterocycles. The van der Waals surface area contributed by atoms with Crippen LogP contribution in [0.15, 0.2) is 0 Å². The highest BCUT2D eigenvalue weighted by Crippen LogP contribution is 2.26. The Morgan fingerprint density at radius 3 is 2.89 bits per heavy atom. The molecule has 1 saturated carbocycles. The van der Waals surface area contributed by atoms with Crippen LogP contribution in [-0.4, -0.2) is 50.7 Å². The zero-order valence-electron chi connectivity index (χ0n) is 11.9. The van der Waals surface area contributed by atoms with E-state index in [2.05, 4.69) is 12.2 Å². The summed E-state index contributed by atoms with van der Waals surface area (Å²) in [5.41, 5.74) is 0. The first kappa shape index (κ1) is 15.9. The maximum absolute atomic E-state index is 9.77. The average Bonchev–Trinajstić information content (AvgIpc) is 2.41. The lowest BCUT2D eigenvalue weighted by molar-refractivity contribution is 0.0122. The molecule has 0 spiro atoms. The van der Waals surface area contributed by atoms with Crippen LogP contribution >= 0.6 is 0 Å². The molecule has 0 radical (unpaired) electrons. The summed E-state index contributed by atoms with van der Waals surface area (Å²) < 4.78 is 10.2. The predicted molar refractivity (Wildman–Crippen MR) is 72.7 cm³/mol. The zero-order chi connectivity index (χ0) is 13.2. The molecule has 4 nitrogen and oxygen atoms in total. The van der Waals surface area contributed by atoms with Gasteiger partial charge in [0.05, 0.1) is 25.9 Å². The third-order valence-electron chi connectivity index (χ3n) is 3.74. The van der Waals surface area contributed by atoms with E-state index in [0.29, 0.717) is 32.4 Å². The van der Waals surface area contributed by atoms with Crippen LogP contribution in [0.2, 0.25) is 0 Å². The third kappa shape index (κ3) is 6.69. The highest BCUT2D eigenvalue weighted by molar-refractivity contribution is 4.78. The minimum Gasteiger partial charge on any atom is -0.389 e. The van der Waals surface area contributed by atoms with Gasteiger partial charge in [0, 0.05) is 19.7 Å². The van der Waals surface area contributed by atoms with Crippen LogP contribution in [0.3, 0.4) is 0 Å². The monoisotopic (exact) mass is 259 g/mol. The smallest absolute Gasteiger partial charge is 0.0897 e. The van der Waals surface area contributed by atoms with E-state index >= 15 is 0 Å². The Kier molecular flexibility index (Phi) is 8.59. The SMILES string of the molecule is CCC1CCCC(NCC(O)COCCOC)C1. The second kappa shape index (κ2) is 9.73. The molecule has 1 aliphatic carbocycles. The predicted octanol–water partition coefficient (Wildman–Crippen LogP) is 1.57. The van der Waals surface area contributed by atoms with Gasteiger partial charge in [0.15, 0.2) is 0 Å². The summed E-state index contributed by atoms with van der Waals surface area (Å²) in [5, 5.41) is 13.2. The van der Waals surface area contributed by atoms with Crippen LogP contribution in [0, 0.1) is 5.92 Å². The van der Waals surface area contributed by atoms with Gasteiger partial charge in [0.25, 0.3) is 0 Å². The van der Waals surface area contributed by atoms with E-state index in [0.717, 1.165) is 5.92 Å². The normalized spacial score (nSPS) is 26.2. The van der Waals surface area contributed by atoms with Crippen LogP contribution in [0.1, 0.15) is 39.0 Å². The number of methoxy groups -OCH3 is 1. The Bertz CT molecular complexity index is 201. The van der Waals surface area contributed by atoms with Crippen molar-refractivity contribution in [3.63, 3.8) is 0 Å². The standard InChI is InChI=1S/C14H29NO3/c1-3-12-5-4-6-13(9-12)15-10-14(16)11-18-8-7-17-2/h12-16H,3-11H2,1-2H3. The van der Waals surface area contributed by atoms with E-state index in [-0.39, 0.29) is 0 Å². The highest BCUT2D eigenvalue weighted by atomic mass is 16.5. The van der Waals surface area contributed by atoms with Crippen LogP contribution in [0.25, 0.3) is 0 Å². The summed E-state index contributed by atoms with van der Waals surface area (Å²) in [6.07, 6.45) is 6.06. The Labute approximate surface area is 111 Å². The lowest BCUT2D eigenvalue weighted by atomic mass is 9.84. The Morgan fingerprint density at radius 2 is 2.17 bits per heavy atom. The van der Waals surface area contributed by atoms with E-state index in [1.807, 2.05) is 0 Å². The van der Waals surface area contributed by atoms with Crippen molar-refractivity contribution in [2.75, 3.05) is 33.5 Å². The molecule has 1 fully saturated rings. The quantitative estimate of drug-likeness (QED) is 0.617. The molecule has 4 heteroatoms. The molecule has 0 aromatic heterocycles. The van der Waals surface area contributed by atoms with Gasteiger partial charge in [-0.3, -0.25) is 0 Å². The first-order valence-corrected chi connectivity index (χ1v) is 7.24. The lowest BCUT2D eigenvalue weighted by Crippen LogP contribution is -2.40. The molecule has 0 amide bonds. The maximum Gasteiger partial charge on any atom is 0.0897 e. The van der Waals surface area contributed by atoms with Gasteiger partial charge in [-0.2, -0.15) is 0 Å². The van der Waals surface area contributed by atoms with E-state index < -0.39 is 6.10 Å². The molecule has 1 aliphatic rings. The number of aliphatic hydroxyl groups is 1. The zero-order valence-corrected chi connectivity index (χ0v) is 11.9. The fraction of sp³-hybridized carbons (Fsp3) is 1.00. The van der Waals surface area contributed by atoms with Crippen LogP contribution in [-0.2, 0) is 9.47 Å². The summed E-state index contributed by atoms with van der Waals surface area (Å²) in [4.78, 5) is 0. The molecule has 0 aromatic carbocycles. The second-order valence-electron chi connectivity index (χ2n) is 5.27. The number of rotatable bonds is 9. The van der Waals surface area contributed by atoms with Crippen molar-refractivity contribution in [2.45, 2.75) is 51.2 Å². The van der Waals surface area contributed by atoms with Crippen molar-refractivity contribution in [3.8, 4) is 0 Å². The molecule has 1 rings (SSSR count). The average molecular weight is 259 g/mol. The minimum absolute atomic E-state index is 0.389. The fourth-order valence-electron chi connectivity index (χ4n) is 2.57. The van der Waals surface area contributed by atoms with Gasteiger partial charge in [-0.05, 0) is 18.8 Å². The molecule has 0 heterocycles. The number of nitrogens with one attached hydrogen (secondary N) is 1. The van der Waals surface area contributed by atoms with Crippen molar-refractivity contribution in [1.29, 1.82) is 0 Å². The number of hydrogen-bond acceptors (Lipinski definition) is 4. The topological polar surface area (TPSA) is 50.7 Å². The van der Waals surface area contributed by atoms with Crippen molar-refractivity contribution in [3.05, 3.63) is 0 Å². The van der Waals surface area contributed by atoms with Gasteiger partial charge in [0.2, 0.25) is 0 Å². The Hall–Kier alpha value is -0.160. The van der Waals surface area contributed by atoms with Gasteiger partial charge in [-0.1, -0.05) is 26.2 Å². The largest absolute Gasteiger partial charge is 0.389 e. The van der Waals surface area contributed by atoms with E-state index in [4.69, 9.17) is 9.47 Å². The highest BCUT2D eigenvalue weighted by Gasteiger charge is 2.20. The van der Waals surface area contributed by atoms with Crippen molar-refractivity contribution >= 4 is 0 Å².